The van der Waals surface area contributed by atoms with Crippen molar-refractivity contribution in [2.75, 3.05) is 13.6 Å². The van der Waals surface area contributed by atoms with Gasteiger partial charge in [0.1, 0.15) is 0 Å². The molecule has 0 rings (SSSR count). The molecule has 0 unspecified atom stereocenters. The molecular formula is C14H25N. The van der Waals surface area contributed by atoms with Crippen LogP contribution in [0.15, 0.2) is 36.6 Å². The Balaban J connectivity index is 4.52. The van der Waals surface area contributed by atoms with Crippen molar-refractivity contribution in [3.8, 4) is 0 Å². The van der Waals surface area contributed by atoms with Crippen molar-refractivity contribution < 1.29 is 0 Å². The summed E-state index contributed by atoms with van der Waals surface area (Å²) < 4.78 is 0. The van der Waals surface area contributed by atoms with E-state index in [1.54, 1.807) is 0 Å². The van der Waals surface area contributed by atoms with Crippen molar-refractivity contribution in [1.82, 2.24) is 4.90 Å². The van der Waals surface area contributed by atoms with Crippen LogP contribution >= 0.6 is 0 Å². The fourth-order valence-corrected chi connectivity index (χ4v) is 1.45. The molecule has 0 fully saturated rings. The third kappa shape index (κ3) is 7.01. The fraction of sp³-hybridized carbons (Fsp3) is 0.571. The Bertz CT molecular complexity index is 234. The Hall–Kier alpha value is -0.980. The lowest BCUT2D eigenvalue weighted by molar-refractivity contribution is 0.385. The zero-order valence-electron chi connectivity index (χ0n) is 10.8. The van der Waals surface area contributed by atoms with Crippen LogP contribution in [-0.2, 0) is 0 Å². The van der Waals surface area contributed by atoms with Gasteiger partial charge in [-0.25, -0.2) is 0 Å². The molecule has 1 heteroatoms. The van der Waals surface area contributed by atoms with Crippen molar-refractivity contribution in [2.45, 2.75) is 27.7 Å². The van der Waals surface area contributed by atoms with E-state index in [-0.39, 0.29) is 0 Å². The Kier molecular flexibility index (Phi) is 6.85. The number of hydrogen-bond donors (Lipinski definition) is 0. The van der Waals surface area contributed by atoms with Crippen LogP contribution in [0.1, 0.15) is 27.7 Å². The van der Waals surface area contributed by atoms with Crippen molar-refractivity contribution in [2.24, 2.45) is 11.8 Å². The van der Waals surface area contributed by atoms with E-state index >= 15 is 0 Å². The Morgan fingerprint density at radius 2 is 1.87 bits per heavy atom. The summed E-state index contributed by atoms with van der Waals surface area (Å²) in [5.74, 6) is 1.25. The summed E-state index contributed by atoms with van der Waals surface area (Å²) in [6.07, 6.45) is 8.17. The summed E-state index contributed by atoms with van der Waals surface area (Å²) in [5, 5.41) is 0. The highest BCUT2D eigenvalue weighted by molar-refractivity contribution is 5.22. The van der Waals surface area contributed by atoms with Crippen molar-refractivity contribution in [3.05, 3.63) is 36.6 Å². The lowest BCUT2D eigenvalue weighted by atomic mass is 10.0. The normalized spacial score (nSPS) is 12.9. The maximum atomic E-state index is 3.69. The van der Waals surface area contributed by atoms with E-state index in [4.69, 9.17) is 0 Å². The lowest BCUT2D eigenvalue weighted by Gasteiger charge is -2.19. The number of rotatable bonds is 6. The lowest BCUT2D eigenvalue weighted by Crippen LogP contribution is -2.18. The highest BCUT2D eigenvalue weighted by Crippen LogP contribution is 2.12. The minimum absolute atomic E-state index is 0.552. The number of hydrogen-bond acceptors (Lipinski definition) is 1. The van der Waals surface area contributed by atoms with Crippen molar-refractivity contribution in [3.63, 3.8) is 0 Å². The van der Waals surface area contributed by atoms with E-state index in [1.165, 1.54) is 5.57 Å². The van der Waals surface area contributed by atoms with E-state index < -0.39 is 0 Å². The Labute approximate surface area is 95.2 Å². The largest absolute Gasteiger partial charge is 0.380 e. The minimum Gasteiger partial charge on any atom is -0.380 e. The number of nitrogens with zero attached hydrogens (tertiary/aromatic N) is 1. The molecule has 0 aromatic rings. The zero-order valence-corrected chi connectivity index (χ0v) is 10.8. The second-order valence-corrected chi connectivity index (χ2v) is 4.71. The van der Waals surface area contributed by atoms with Gasteiger partial charge in [0.25, 0.3) is 0 Å². The van der Waals surface area contributed by atoms with E-state index in [9.17, 15) is 0 Å². The van der Waals surface area contributed by atoms with Crippen LogP contribution < -0.4 is 0 Å². The summed E-state index contributed by atoms with van der Waals surface area (Å²) in [6.45, 7) is 13.7. The molecule has 15 heavy (non-hydrogen) atoms. The van der Waals surface area contributed by atoms with E-state index in [0.29, 0.717) is 11.8 Å². The van der Waals surface area contributed by atoms with E-state index in [1.807, 2.05) is 12.2 Å². The highest BCUT2D eigenvalue weighted by atomic mass is 15.1. The van der Waals surface area contributed by atoms with Crippen LogP contribution in [0.2, 0.25) is 0 Å². The molecule has 0 saturated carbocycles. The average Bonchev–Trinajstić information content (AvgIpc) is 2.10. The molecule has 0 spiro atoms. The van der Waals surface area contributed by atoms with Crippen LogP contribution in [0.3, 0.4) is 0 Å². The monoisotopic (exact) mass is 207 g/mol. The molecule has 0 heterocycles. The highest BCUT2D eigenvalue weighted by Gasteiger charge is 2.02. The van der Waals surface area contributed by atoms with Gasteiger partial charge in [-0.1, -0.05) is 52.5 Å². The molecule has 0 aromatic heterocycles. The van der Waals surface area contributed by atoms with E-state index in [2.05, 4.69) is 58.5 Å². The van der Waals surface area contributed by atoms with Gasteiger partial charge in [0, 0.05) is 19.8 Å². The maximum Gasteiger partial charge on any atom is 0.0192 e. The second kappa shape index (κ2) is 7.33. The van der Waals surface area contributed by atoms with Crippen LogP contribution in [0.4, 0.5) is 0 Å². The first-order valence-electron chi connectivity index (χ1n) is 5.68. The molecule has 0 aliphatic carbocycles. The standard InChI is InChI=1S/C14H25N/c1-7-8-9-14(13(4)5)11-15(6)10-12(2)3/h7-9,11-13H,1,10H2,2-6H3/b9-8-,14-11+. The SMILES string of the molecule is C=C/C=C\C(=C/N(C)CC(C)C)C(C)C. The summed E-state index contributed by atoms with van der Waals surface area (Å²) >= 11 is 0. The molecule has 0 aromatic carbocycles. The predicted molar refractivity (Wildman–Crippen MR) is 69.7 cm³/mol. The van der Waals surface area contributed by atoms with Gasteiger partial charge in [-0.05, 0) is 17.4 Å². The minimum atomic E-state index is 0.552. The number of allylic oxidation sites excluding steroid dienone is 4. The van der Waals surface area contributed by atoms with Gasteiger partial charge in [0.2, 0.25) is 0 Å². The van der Waals surface area contributed by atoms with Gasteiger partial charge in [-0.3, -0.25) is 0 Å². The molecule has 0 atom stereocenters. The fourth-order valence-electron chi connectivity index (χ4n) is 1.45. The molecule has 0 radical (unpaired) electrons. The van der Waals surface area contributed by atoms with Crippen LogP contribution in [0.5, 0.6) is 0 Å². The first-order valence-corrected chi connectivity index (χ1v) is 5.68. The molecular weight excluding hydrogens is 182 g/mol. The van der Waals surface area contributed by atoms with E-state index in [0.717, 1.165) is 6.54 Å². The second-order valence-electron chi connectivity index (χ2n) is 4.71. The molecule has 0 aliphatic heterocycles. The summed E-state index contributed by atoms with van der Waals surface area (Å²) in [6, 6.07) is 0. The van der Waals surface area contributed by atoms with Gasteiger partial charge in [0.05, 0.1) is 0 Å². The summed E-state index contributed by atoms with van der Waals surface area (Å²) in [4.78, 5) is 2.26. The Morgan fingerprint density at radius 1 is 1.27 bits per heavy atom. The van der Waals surface area contributed by atoms with Gasteiger partial charge < -0.3 is 4.90 Å². The summed E-state index contributed by atoms with van der Waals surface area (Å²) in [5.41, 5.74) is 1.35. The van der Waals surface area contributed by atoms with Crippen molar-refractivity contribution in [1.29, 1.82) is 0 Å². The molecule has 0 N–H and O–H groups in total. The van der Waals surface area contributed by atoms with Crippen molar-refractivity contribution >= 4 is 0 Å². The first-order chi connectivity index (χ1) is 6.97. The average molecular weight is 207 g/mol. The van der Waals surface area contributed by atoms with Crippen LogP contribution in [0.25, 0.3) is 0 Å². The predicted octanol–water partition coefficient (Wildman–Crippen LogP) is 3.86. The van der Waals surface area contributed by atoms with Gasteiger partial charge in [-0.15, -0.1) is 0 Å². The third-order valence-electron chi connectivity index (χ3n) is 2.11. The van der Waals surface area contributed by atoms with Gasteiger partial charge >= 0.3 is 0 Å². The zero-order chi connectivity index (χ0) is 11.8. The molecule has 0 amide bonds. The molecule has 0 bridgehead atoms. The molecule has 86 valence electrons. The molecule has 0 aliphatic rings. The molecule has 1 nitrogen and oxygen atoms in total. The van der Waals surface area contributed by atoms with Gasteiger partial charge in [0.15, 0.2) is 0 Å². The first kappa shape index (κ1) is 14.0. The van der Waals surface area contributed by atoms with Crippen LogP contribution in [0, 0.1) is 11.8 Å². The quantitative estimate of drug-likeness (QED) is 0.598. The summed E-state index contributed by atoms with van der Waals surface area (Å²) in [7, 11) is 2.13. The maximum absolute atomic E-state index is 3.69. The molecule has 0 saturated heterocycles. The topological polar surface area (TPSA) is 3.24 Å². The smallest absolute Gasteiger partial charge is 0.0192 e. The van der Waals surface area contributed by atoms with Gasteiger partial charge in [-0.2, -0.15) is 0 Å². The third-order valence-corrected chi connectivity index (χ3v) is 2.11. The van der Waals surface area contributed by atoms with Crippen LogP contribution in [-0.4, -0.2) is 18.5 Å². The Morgan fingerprint density at radius 3 is 2.27 bits per heavy atom.